The van der Waals surface area contributed by atoms with E-state index < -0.39 is 11.2 Å². The fourth-order valence-corrected chi connectivity index (χ4v) is 3.22. The minimum Gasteiger partial charge on any atom is -0.481 e. The third-order valence-corrected chi connectivity index (χ3v) is 4.32. The Kier molecular flexibility index (Phi) is 5.77. The first kappa shape index (κ1) is 16.3. The lowest BCUT2D eigenvalue weighted by atomic mass is 10.1. The van der Waals surface area contributed by atoms with E-state index in [0.29, 0.717) is 10.7 Å². The zero-order valence-electron chi connectivity index (χ0n) is 12.3. The van der Waals surface area contributed by atoms with Crippen molar-refractivity contribution in [3.8, 4) is 0 Å². The van der Waals surface area contributed by atoms with Crippen molar-refractivity contribution >= 4 is 23.5 Å². The molecule has 6 heteroatoms. The largest absolute Gasteiger partial charge is 0.481 e. The summed E-state index contributed by atoms with van der Waals surface area (Å²) in [5.41, 5.74) is 0.523. The predicted octanol–water partition coefficient (Wildman–Crippen LogP) is 3.11. The van der Waals surface area contributed by atoms with Gasteiger partial charge in [-0.3, -0.25) is 9.59 Å². The molecule has 5 nitrogen and oxygen atoms in total. The number of hydrogen-bond acceptors (Lipinski definition) is 4. The van der Waals surface area contributed by atoms with Crippen LogP contribution in [0.3, 0.4) is 0 Å². The lowest BCUT2D eigenvalue weighted by molar-refractivity contribution is -0.136. The first-order chi connectivity index (χ1) is 10.6. The molecule has 1 atom stereocenters. The molecular weight excluding hydrogens is 300 g/mol. The van der Waals surface area contributed by atoms with Crippen LogP contribution < -0.4 is 0 Å². The average Bonchev–Trinajstić information content (AvgIpc) is 2.94. The molecule has 0 aliphatic rings. The van der Waals surface area contributed by atoms with Crippen LogP contribution in [0, 0.1) is 0 Å². The maximum Gasteiger partial charge on any atom is 0.304 e. The maximum absolute atomic E-state index is 12.6. The van der Waals surface area contributed by atoms with Gasteiger partial charge in [-0.05, 0) is 6.42 Å². The van der Waals surface area contributed by atoms with E-state index in [-0.39, 0.29) is 12.2 Å². The van der Waals surface area contributed by atoms with Crippen LogP contribution >= 0.6 is 11.8 Å². The Morgan fingerprint density at radius 1 is 1.32 bits per heavy atom. The molecule has 1 aromatic heterocycles. The zero-order chi connectivity index (χ0) is 15.9. The molecular formula is C16H18N2O3S. The van der Waals surface area contributed by atoms with E-state index in [2.05, 4.69) is 11.9 Å². The summed E-state index contributed by atoms with van der Waals surface area (Å²) < 4.78 is 1.94. The summed E-state index contributed by atoms with van der Waals surface area (Å²) in [6.45, 7) is 2.85. The SMILES string of the molecule is CCCn1ccnc1SC(CC(=O)O)C(=O)c1ccccc1. The summed E-state index contributed by atoms with van der Waals surface area (Å²) in [5, 5.41) is 9.08. The highest BCUT2D eigenvalue weighted by atomic mass is 32.2. The number of hydrogen-bond donors (Lipinski definition) is 1. The highest BCUT2D eigenvalue weighted by Gasteiger charge is 2.25. The molecule has 0 radical (unpaired) electrons. The van der Waals surface area contributed by atoms with Gasteiger partial charge in [-0.1, -0.05) is 49.0 Å². The topological polar surface area (TPSA) is 72.2 Å². The molecule has 2 aromatic rings. The van der Waals surface area contributed by atoms with Crippen LogP contribution in [0.25, 0.3) is 0 Å². The van der Waals surface area contributed by atoms with E-state index in [0.717, 1.165) is 13.0 Å². The van der Waals surface area contributed by atoms with E-state index in [1.54, 1.807) is 30.5 Å². The number of thioether (sulfide) groups is 1. The lowest BCUT2D eigenvalue weighted by Crippen LogP contribution is -2.22. The molecule has 0 amide bonds. The van der Waals surface area contributed by atoms with Gasteiger partial charge in [0.25, 0.3) is 0 Å². The van der Waals surface area contributed by atoms with Gasteiger partial charge in [-0.2, -0.15) is 0 Å². The number of aromatic nitrogens is 2. The third kappa shape index (κ3) is 4.21. The Morgan fingerprint density at radius 2 is 2.05 bits per heavy atom. The number of nitrogens with zero attached hydrogens (tertiary/aromatic N) is 2. The Labute approximate surface area is 133 Å². The number of carboxylic acids is 1. The summed E-state index contributed by atoms with van der Waals surface area (Å²) in [5.74, 6) is -1.17. The number of ketones is 1. The van der Waals surface area contributed by atoms with Gasteiger partial charge in [0.05, 0.1) is 11.7 Å². The standard InChI is InChI=1S/C16H18N2O3S/c1-2-9-18-10-8-17-16(18)22-13(11-14(19)20)15(21)12-6-4-3-5-7-12/h3-8,10,13H,2,9,11H2,1H3,(H,19,20). The van der Waals surface area contributed by atoms with Gasteiger partial charge in [0.15, 0.2) is 10.9 Å². The second kappa shape index (κ2) is 7.79. The van der Waals surface area contributed by atoms with Crippen LogP contribution in [-0.2, 0) is 11.3 Å². The van der Waals surface area contributed by atoms with Crippen molar-refractivity contribution < 1.29 is 14.7 Å². The zero-order valence-corrected chi connectivity index (χ0v) is 13.1. The van der Waals surface area contributed by atoms with Crippen LogP contribution in [0.4, 0.5) is 0 Å². The van der Waals surface area contributed by atoms with Crippen molar-refractivity contribution in [2.75, 3.05) is 0 Å². The number of aryl methyl sites for hydroxylation is 1. The molecule has 1 heterocycles. The highest BCUT2D eigenvalue weighted by molar-refractivity contribution is 8.00. The molecule has 0 aliphatic heterocycles. The minimum absolute atomic E-state index is 0.181. The molecule has 0 spiro atoms. The van der Waals surface area contributed by atoms with Crippen molar-refractivity contribution in [2.45, 2.75) is 36.7 Å². The Morgan fingerprint density at radius 3 is 2.68 bits per heavy atom. The predicted molar refractivity (Wildman–Crippen MR) is 85.2 cm³/mol. The van der Waals surface area contributed by atoms with Crippen molar-refractivity contribution in [3.05, 3.63) is 48.3 Å². The van der Waals surface area contributed by atoms with Gasteiger partial charge in [0, 0.05) is 24.5 Å². The van der Waals surface area contributed by atoms with Gasteiger partial charge < -0.3 is 9.67 Å². The second-order valence-electron chi connectivity index (χ2n) is 4.84. The molecule has 2 rings (SSSR count). The molecule has 116 valence electrons. The molecule has 0 fully saturated rings. The molecule has 1 aromatic carbocycles. The van der Waals surface area contributed by atoms with Gasteiger partial charge in [0.1, 0.15) is 0 Å². The Balaban J connectivity index is 2.21. The summed E-state index contributed by atoms with van der Waals surface area (Å²) in [6, 6.07) is 8.78. The highest BCUT2D eigenvalue weighted by Crippen LogP contribution is 2.27. The van der Waals surface area contributed by atoms with Gasteiger partial charge >= 0.3 is 5.97 Å². The lowest BCUT2D eigenvalue weighted by Gasteiger charge is -2.14. The molecule has 0 bridgehead atoms. The van der Waals surface area contributed by atoms with Crippen molar-refractivity contribution in [2.24, 2.45) is 0 Å². The molecule has 0 saturated heterocycles. The number of aliphatic carboxylic acids is 1. The Hall–Kier alpha value is -2.08. The van der Waals surface area contributed by atoms with E-state index in [1.807, 2.05) is 16.8 Å². The molecule has 0 saturated carbocycles. The van der Waals surface area contributed by atoms with Crippen LogP contribution in [0.1, 0.15) is 30.1 Å². The summed E-state index contributed by atoms with van der Waals surface area (Å²) in [4.78, 5) is 27.9. The summed E-state index contributed by atoms with van der Waals surface area (Å²) in [6.07, 6.45) is 4.23. The molecule has 22 heavy (non-hydrogen) atoms. The van der Waals surface area contributed by atoms with Crippen molar-refractivity contribution in [1.82, 2.24) is 9.55 Å². The maximum atomic E-state index is 12.6. The number of carbonyl (C=O) groups is 2. The monoisotopic (exact) mass is 318 g/mol. The van der Waals surface area contributed by atoms with Gasteiger partial charge in [-0.25, -0.2) is 4.98 Å². The van der Waals surface area contributed by atoms with Gasteiger partial charge in [-0.15, -0.1) is 0 Å². The van der Waals surface area contributed by atoms with Gasteiger partial charge in [0.2, 0.25) is 0 Å². The molecule has 1 unspecified atom stereocenters. The smallest absolute Gasteiger partial charge is 0.304 e. The van der Waals surface area contributed by atoms with E-state index in [1.165, 1.54) is 11.8 Å². The third-order valence-electron chi connectivity index (χ3n) is 3.10. The average molecular weight is 318 g/mol. The number of Topliss-reactive ketones (excluding diaryl/α,β-unsaturated/α-hetero) is 1. The number of rotatable bonds is 8. The second-order valence-corrected chi connectivity index (χ2v) is 6.01. The van der Waals surface area contributed by atoms with Crippen molar-refractivity contribution in [3.63, 3.8) is 0 Å². The number of carboxylic acid groups (broad SMARTS) is 1. The van der Waals surface area contributed by atoms with E-state index >= 15 is 0 Å². The van der Waals surface area contributed by atoms with Crippen LogP contribution in [0.5, 0.6) is 0 Å². The van der Waals surface area contributed by atoms with Crippen molar-refractivity contribution in [1.29, 1.82) is 0 Å². The fraction of sp³-hybridized carbons (Fsp3) is 0.312. The summed E-state index contributed by atoms with van der Waals surface area (Å²) in [7, 11) is 0. The van der Waals surface area contributed by atoms with Crippen LogP contribution in [0.2, 0.25) is 0 Å². The van der Waals surface area contributed by atoms with E-state index in [9.17, 15) is 9.59 Å². The quantitative estimate of drug-likeness (QED) is 0.598. The normalized spacial score (nSPS) is 12.0. The summed E-state index contributed by atoms with van der Waals surface area (Å²) >= 11 is 1.21. The minimum atomic E-state index is -0.990. The first-order valence-corrected chi connectivity index (χ1v) is 7.98. The molecule has 0 aliphatic carbocycles. The van der Waals surface area contributed by atoms with Crippen LogP contribution in [0.15, 0.2) is 47.9 Å². The number of carbonyl (C=O) groups excluding carboxylic acids is 1. The number of benzene rings is 1. The Bertz CT molecular complexity index is 640. The number of imidazole rings is 1. The fourth-order valence-electron chi connectivity index (χ4n) is 2.09. The molecule has 1 N–H and O–H groups in total. The first-order valence-electron chi connectivity index (χ1n) is 7.10. The van der Waals surface area contributed by atoms with Crippen LogP contribution in [-0.4, -0.2) is 31.7 Å². The van der Waals surface area contributed by atoms with E-state index in [4.69, 9.17) is 5.11 Å².